The monoisotopic (exact) mass is 575 g/mol. The van der Waals surface area contributed by atoms with Crippen molar-refractivity contribution in [2.75, 3.05) is 51.8 Å². The van der Waals surface area contributed by atoms with Crippen LogP contribution in [-0.2, 0) is 10.0 Å². The fourth-order valence-corrected chi connectivity index (χ4v) is 6.80. The first kappa shape index (κ1) is 28.9. The number of methoxy groups -OCH3 is 1. The van der Waals surface area contributed by atoms with Crippen molar-refractivity contribution in [3.63, 3.8) is 0 Å². The van der Waals surface area contributed by atoms with E-state index in [4.69, 9.17) is 9.15 Å². The Hall–Kier alpha value is -3.66. The minimum Gasteiger partial charge on any atom is -0.495 e. The number of nitrogens with zero attached hydrogens (tertiary/aromatic N) is 3. The molecule has 0 aliphatic carbocycles. The van der Waals surface area contributed by atoms with Gasteiger partial charge in [0.2, 0.25) is 10.0 Å². The normalized spacial score (nSPS) is 15.4. The predicted molar refractivity (Wildman–Crippen MR) is 163 cm³/mol. The molecular weight excluding hydrogens is 538 g/mol. The average Bonchev–Trinajstić information content (AvgIpc) is 3.01. The van der Waals surface area contributed by atoms with Gasteiger partial charge in [0.1, 0.15) is 16.4 Å². The van der Waals surface area contributed by atoms with Gasteiger partial charge in [-0.2, -0.15) is 0 Å². The standard InChI is InChI=1S/C32H37N3O5S/c1-23(34-19-21-35(22-20-34)27-14-8-9-15-28(27)39-4)17-18-33(3)41(37,38)29-16-10-13-26-30(36)24(2)31(40-32(26)29)25-11-6-5-7-12-25/h5-16,23H,17-22H2,1-4H3. The highest BCUT2D eigenvalue weighted by Gasteiger charge is 2.28. The van der Waals surface area contributed by atoms with Crippen molar-refractivity contribution in [1.29, 1.82) is 0 Å². The summed E-state index contributed by atoms with van der Waals surface area (Å²) >= 11 is 0. The Balaban J connectivity index is 1.30. The molecule has 9 heteroatoms. The lowest BCUT2D eigenvalue weighted by Gasteiger charge is -2.39. The first-order chi connectivity index (χ1) is 19.7. The lowest BCUT2D eigenvalue weighted by Crippen LogP contribution is -2.50. The number of benzene rings is 3. The maximum absolute atomic E-state index is 13.8. The van der Waals surface area contributed by atoms with Crippen molar-refractivity contribution >= 4 is 26.7 Å². The second-order valence-electron chi connectivity index (χ2n) is 10.5. The molecule has 1 fully saturated rings. The van der Waals surface area contributed by atoms with Gasteiger partial charge in [0, 0.05) is 56.9 Å². The van der Waals surface area contributed by atoms with Crippen LogP contribution in [0.5, 0.6) is 5.75 Å². The summed E-state index contributed by atoms with van der Waals surface area (Å²) in [6, 6.07) is 22.3. The summed E-state index contributed by atoms with van der Waals surface area (Å²) in [5.74, 6) is 1.26. The van der Waals surface area contributed by atoms with E-state index in [1.165, 1.54) is 10.4 Å². The highest BCUT2D eigenvalue weighted by atomic mass is 32.2. The van der Waals surface area contributed by atoms with Crippen LogP contribution >= 0.6 is 0 Å². The Labute approximate surface area is 241 Å². The van der Waals surface area contributed by atoms with Crippen molar-refractivity contribution in [2.45, 2.75) is 31.2 Å². The molecule has 1 aromatic heterocycles. The van der Waals surface area contributed by atoms with Crippen LogP contribution in [0.4, 0.5) is 5.69 Å². The van der Waals surface area contributed by atoms with Crippen molar-refractivity contribution < 1.29 is 17.6 Å². The molecule has 1 atom stereocenters. The number of hydrogen-bond acceptors (Lipinski definition) is 7. The summed E-state index contributed by atoms with van der Waals surface area (Å²) in [6.45, 7) is 7.70. The fourth-order valence-electron chi connectivity index (χ4n) is 5.49. The average molecular weight is 576 g/mol. The molecule has 1 saturated heterocycles. The van der Waals surface area contributed by atoms with Gasteiger partial charge in [0.25, 0.3) is 0 Å². The van der Waals surface area contributed by atoms with E-state index in [0.29, 0.717) is 24.3 Å². The number of anilines is 1. The summed E-state index contributed by atoms with van der Waals surface area (Å²) in [4.78, 5) is 18.0. The van der Waals surface area contributed by atoms with Crippen LogP contribution < -0.4 is 15.1 Å². The van der Waals surface area contributed by atoms with Gasteiger partial charge in [-0.3, -0.25) is 9.69 Å². The Morgan fingerprint density at radius 1 is 0.951 bits per heavy atom. The Bertz CT molecular complexity index is 1680. The van der Waals surface area contributed by atoms with E-state index < -0.39 is 10.0 Å². The number of ether oxygens (including phenoxy) is 1. The van der Waals surface area contributed by atoms with Gasteiger partial charge in [0.05, 0.1) is 18.2 Å². The molecule has 1 unspecified atom stereocenters. The highest BCUT2D eigenvalue weighted by molar-refractivity contribution is 7.89. The van der Waals surface area contributed by atoms with Crippen molar-refractivity contribution in [1.82, 2.24) is 9.21 Å². The topological polar surface area (TPSA) is 83.3 Å². The smallest absolute Gasteiger partial charge is 0.246 e. The predicted octanol–water partition coefficient (Wildman–Crippen LogP) is 5.00. The van der Waals surface area contributed by atoms with Crippen molar-refractivity contribution in [2.24, 2.45) is 0 Å². The molecule has 216 valence electrons. The largest absolute Gasteiger partial charge is 0.495 e. The molecule has 8 nitrogen and oxygen atoms in total. The molecule has 2 heterocycles. The quantitative estimate of drug-likeness (QED) is 0.278. The Morgan fingerprint density at radius 3 is 2.34 bits per heavy atom. The van der Waals surface area contributed by atoms with Gasteiger partial charge < -0.3 is 14.1 Å². The maximum atomic E-state index is 13.8. The number of para-hydroxylation sites is 3. The van der Waals surface area contributed by atoms with Crippen LogP contribution in [0.1, 0.15) is 18.9 Å². The first-order valence-electron chi connectivity index (χ1n) is 13.9. The van der Waals surface area contributed by atoms with E-state index in [0.717, 1.165) is 43.2 Å². The number of hydrogen-bond donors (Lipinski definition) is 0. The Kier molecular flexibility index (Phi) is 8.49. The van der Waals surface area contributed by atoms with Gasteiger partial charge in [-0.15, -0.1) is 0 Å². The maximum Gasteiger partial charge on any atom is 0.246 e. The number of fused-ring (bicyclic) bond motifs is 1. The zero-order valence-corrected chi connectivity index (χ0v) is 24.9. The lowest BCUT2D eigenvalue weighted by atomic mass is 10.1. The third-order valence-corrected chi connectivity index (χ3v) is 9.94. The van der Waals surface area contributed by atoms with E-state index >= 15 is 0 Å². The van der Waals surface area contributed by atoms with Gasteiger partial charge in [0.15, 0.2) is 11.0 Å². The van der Waals surface area contributed by atoms with Crippen molar-refractivity contribution in [3.05, 3.63) is 88.6 Å². The van der Waals surface area contributed by atoms with Crippen molar-refractivity contribution in [3.8, 4) is 17.1 Å². The zero-order chi connectivity index (χ0) is 29.1. The fraction of sp³-hybridized carbons (Fsp3) is 0.344. The SMILES string of the molecule is COc1ccccc1N1CCN(C(C)CCN(C)S(=O)(=O)c2cccc3c(=O)c(C)c(-c4ccccc4)oc23)CC1. The van der Waals surface area contributed by atoms with E-state index in [2.05, 4.69) is 22.8 Å². The first-order valence-corrected chi connectivity index (χ1v) is 15.4. The Morgan fingerprint density at radius 2 is 1.63 bits per heavy atom. The molecule has 1 aliphatic rings. The van der Waals surface area contributed by atoms with Gasteiger partial charge in [-0.05, 0) is 44.5 Å². The second-order valence-corrected chi connectivity index (χ2v) is 12.6. The minimum atomic E-state index is -3.91. The van der Waals surface area contributed by atoms with Gasteiger partial charge >= 0.3 is 0 Å². The summed E-state index contributed by atoms with van der Waals surface area (Å²) in [6.07, 6.45) is 0.674. The molecule has 0 N–H and O–H groups in total. The third kappa shape index (κ3) is 5.75. The van der Waals surface area contributed by atoms with Crippen LogP contribution in [-0.4, -0.2) is 70.5 Å². The summed E-state index contributed by atoms with van der Waals surface area (Å²) in [7, 11) is -0.633. The summed E-state index contributed by atoms with van der Waals surface area (Å²) in [5.41, 5.74) is 2.14. The van der Waals surface area contributed by atoms with E-state index in [1.807, 2.05) is 48.5 Å². The molecule has 0 radical (unpaired) electrons. The third-order valence-electron chi connectivity index (χ3n) is 8.06. The molecular formula is C32H37N3O5S. The molecule has 5 rings (SSSR count). The van der Waals surface area contributed by atoms with E-state index in [1.54, 1.807) is 33.2 Å². The zero-order valence-electron chi connectivity index (χ0n) is 24.0. The molecule has 0 saturated carbocycles. The second kappa shape index (κ2) is 12.1. The molecule has 3 aromatic carbocycles. The van der Waals surface area contributed by atoms with Crippen LogP contribution in [0.15, 0.2) is 86.9 Å². The minimum absolute atomic E-state index is 0.00450. The number of rotatable bonds is 9. The number of sulfonamides is 1. The summed E-state index contributed by atoms with van der Waals surface area (Å²) in [5, 5.41) is 0.262. The van der Waals surface area contributed by atoms with Crippen LogP contribution in [0.2, 0.25) is 0 Å². The molecule has 0 spiro atoms. The lowest BCUT2D eigenvalue weighted by molar-refractivity contribution is 0.183. The van der Waals surface area contributed by atoms with Gasteiger partial charge in [-0.1, -0.05) is 48.5 Å². The molecule has 41 heavy (non-hydrogen) atoms. The van der Waals surface area contributed by atoms with Crippen LogP contribution in [0, 0.1) is 6.92 Å². The molecule has 4 aromatic rings. The van der Waals surface area contributed by atoms with E-state index in [-0.39, 0.29) is 27.3 Å². The molecule has 0 bridgehead atoms. The van der Waals surface area contributed by atoms with E-state index in [9.17, 15) is 13.2 Å². The van der Waals surface area contributed by atoms with Crippen LogP contribution in [0.3, 0.4) is 0 Å². The van der Waals surface area contributed by atoms with Crippen LogP contribution in [0.25, 0.3) is 22.3 Å². The molecule has 0 amide bonds. The highest BCUT2D eigenvalue weighted by Crippen LogP contribution is 2.31. The molecule has 1 aliphatic heterocycles. The van der Waals surface area contributed by atoms with Gasteiger partial charge in [-0.25, -0.2) is 12.7 Å². The summed E-state index contributed by atoms with van der Waals surface area (Å²) < 4.78 is 40.6. The number of piperazine rings is 1.